The molecule has 80 valence electrons. The molecule has 1 atom stereocenters. The summed E-state index contributed by atoms with van der Waals surface area (Å²) in [6.07, 6.45) is -0.260. The number of para-hydroxylation sites is 1. The lowest BCUT2D eigenvalue weighted by atomic mass is 10.1. The van der Waals surface area contributed by atoms with Crippen LogP contribution >= 0.6 is 0 Å². The molecule has 0 aliphatic rings. The predicted octanol–water partition coefficient (Wildman–Crippen LogP) is 0.982. The number of rotatable bonds is 4. The van der Waals surface area contributed by atoms with Gasteiger partial charge < -0.3 is 14.9 Å². The molecule has 4 nitrogen and oxygen atoms in total. The molecule has 0 saturated heterocycles. The van der Waals surface area contributed by atoms with Gasteiger partial charge >= 0.3 is 5.97 Å². The van der Waals surface area contributed by atoms with E-state index in [0.29, 0.717) is 5.56 Å². The zero-order chi connectivity index (χ0) is 11.3. The Kier molecular flexibility index (Phi) is 3.88. The lowest BCUT2D eigenvalue weighted by Crippen LogP contribution is -2.18. The van der Waals surface area contributed by atoms with Crippen molar-refractivity contribution < 1.29 is 19.7 Å². The molecule has 1 unspecified atom stereocenters. The van der Waals surface area contributed by atoms with E-state index in [4.69, 9.17) is 0 Å². The van der Waals surface area contributed by atoms with E-state index in [9.17, 15) is 15.0 Å². The number of esters is 1. The summed E-state index contributed by atoms with van der Waals surface area (Å²) in [7, 11) is 0. The molecular formula is C11H12O4. The van der Waals surface area contributed by atoms with E-state index < -0.39 is 12.3 Å². The minimum absolute atomic E-state index is 0.0479. The Bertz CT molecular complexity index is 359. The first-order valence-corrected chi connectivity index (χ1v) is 4.41. The molecule has 0 bridgehead atoms. The Hall–Kier alpha value is -1.81. The minimum Gasteiger partial charge on any atom is -0.508 e. The van der Waals surface area contributed by atoms with Crippen molar-refractivity contribution in [3.8, 4) is 5.75 Å². The fourth-order valence-corrected chi connectivity index (χ4v) is 1.10. The van der Waals surface area contributed by atoms with Crippen LogP contribution in [0.3, 0.4) is 0 Å². The van der Waals surface area contributed by atoms with Gasteiger partial charge in [-0.15, -0.1) is 0 Å². The first-order chi connectivity index (χ1) is 7.13. The highest BCUT2D eigenvalue weighted by atomic mass is 16.6. The number of carbonyl (C=O) groups is 1. The number of hydrogen-bond acceptors (Lipinski definition) is 4. The summed E-state index contributed by atoms with van der Waals surface area (Å²) in [6.45, 7) is 3.20. The van der Waals surface area contributed by atoms with Crippen molar-refractivity contribution in [1.29, 1.82) is 0 Å². The number of carbonyl (C=O) groups excluding carboxylic acids is 1. The summed E-state index contributed by atoms with van der Waals surface area (Å²) < 4.78 is 4.55. The van der Waals surface area contributed by atoms with E-state index in [2.05, 4.69) is 11.3 Å². The fourth-order valence-electron chi connectivity index (χ4n) is 1.10. The van der Waals surface area contributed by atoms with Gasteiger partial charge in [-0.2, -0.15) is 0 Å². The summed E-state index contributed by atoms with van der Waals surface area (Å²) in [5.41, 5.74) is 0.516. The van der Waals surface area contributed by atoms with E-state index in [1.54, 1.807) is 18.2 Å². The molecule has 0 amide bonds. The Morgan fingerprint density at radius 3 is 2.80 bits per heavy atom. The van der Waals surface area contributed by atoms with E-state index >= 15 is 0 Å². The van der Waals surface area contributed by atoms with Crippen LogP contribution in [0, 0.1) is 0 Å². The van der Waals surface area contributed by atoms with Crippen LogP contribution in [-0.4, -0.2) is 22.5 Å². The van der Waals surface area contributed by atoms with Gasteiger partial charge in [0.25, 0.3) is 0 Å². The number of phenols is 1. The van der Waals surface area contributed by atoms with Crippen molar-refractivity contribution in [3.63, 3.8) is 0 Å². The third kappa shape index (κ3) is 3.44. The Balaban J connectivity index is 2.58. The van der Waals surface area contributed by atoms with E-state index in [1.165, 1.54) is 6.07 Å². The number of aliphatic hydroxyl groups is 1. The van der Waals surface area contributed by atoms with E-state index in [0.717, 1.165) is 6.08 Å². The minimum atomic E-state index is -1.27. The SMILES string of the molecule is C=CC(=O)OC(O)Cc1ccccc1O. The van der Waals surface area contributed by atoms with Crippen LogP contribution in [0.15, 0.2) is 36.9 Å². The molecule has 4 heteroatoms. The van der Waals surface area contributed by atoms with Crippen LogP contribution < -0.4 is 0 Å². The van der Waals surface area contributed by atoms with Gasteiger partial charge in [0, 0.05) is 18.1 Å². The number of aromatic hydroxyl groups is 1. The Morgan fingerprint density at radius 2 is 2.20 bits per heavy atom. The summed E-state index contributed by atoms with van der Waals surface area (Å²) in [6, 6.07) is 6.52. The van der Waals surface area contributed by atoms with E-state index in [-0.39, 0.29) is 12.2 Å². The van der Waals surface area contributed by atoms with Crippen LogP contribution in [-0.2, 0) is 16.0 Å². The van der Waals surface area contributed by atoms with Crippen LogP contribution in [0.1, 0.15) is 5.56 Å². The molecule has 1 aromatic rings. The molecular weight excluding hydrogens is 196 g/mol. The lowest BCUT2D eigenvalue weighted by molar-refractivity contribution is -0.161. The van der Waals surface area contributed by atoms with Crippen LogP contribution in [0.25, 0.3) is 0 Å². The highest BCUT2D eigenvalue weighted by molar-refractivity contribution is 5.81. The summed E-state index contributed by atoms with van der Waals surface area (Å²) >= 11 is 0. The average Bonchev–Trinajstić information content (AvgIpc) is 2.21. The van der Waals surface area contributed by atoms with Crippen molar-refractivity contribution in [3.05, 3.63) is 42.5 Å². The van der Waals surface area contributed by atoms with Crippen LogP contribution in [0.4, 0.5) is 0 Å². The number of benzene rings is 1. The Labute approximate surface area is 87.4 Å². The smallest absolute Gasteiger partial charge is 0.332 e. The van der Waals surface area contributed by atoms with Crippen LogP contribution in [0.5, 0.6) is 5.75 Å². The number of aliphatic hydroxyl groups excluding tert-OH is 1. The predicted molar refractivity (Wildman–Crippen MR) is 54.1 cm³/mol. The van der Waals surface area contributed by atoms with Gasteiger partial charge in [-0.25, -0.2) is 4.79 Å². The van der Waals surface area contributed by atoms with E-state index in [1.807, 2.05) is 0 Å². The quantitative estimate of drug-likeness (QED) is 0.440. The van der Waals surface area contributed by atoms with Gasteiger partial charge in [0.2, 0.25) is 6.29 Å². The molecule has 0 aromatic heterocycles. The monoisotopic (exact) mass is 208 g/mol. The zero-order valence-electron chi connectivity index (χ0n) is 8.09. The fraction of sp³-hybridized carbons (Fsp3) is 0.182. The van der Waals surface area contributed by atoms with Crippen molar-refractivity contribution in [2.75, 3.05) is 0 Å². The molecule has 0 radical (unpaired) electrons. The second kappa shape index (κ2) is 5.17. The lowest BCUT2D eigenvalue weighted by Gasteiger charge is -2.11. The molecule has 0 heterocycles. The second-order valence-corrected chi connectivity index (χ2v) is 2.93. The standard InChI is InChI=1S/C11H12O4/c1-2-10(13)15-11(14)7-8-5-3-4-6-9(8)12/h2-6,11-12,14H,1,7H2. The molecule has 15 heavy (non-hydrogen) atoms. The first kappa shape index (κ1) is 11.3. The maximum Gasteiger partial charge on any atom is 0.332 e. The average molecular weight is 208 g/mol. The van der Waals surface area contributed by atoms with Gasteiger partial charge in [0.15, 0.2) is 0 Å². The highest BCUT2D eigenvalue weighted by Gasteiger charge is 2.11. The van der Waals surface area contributed by atoms with Crippen molar-refractivity contribution in [1.82, 2.24) is 0 Å². The number of hydrogen-bond donors (Lipinski definition) is 2. The molecule has 1 rings (SSSR count). The summed E-state index contributed by atoms with van der Waals surface area (Å²) in [4.78, 5) is 10.7. The maximum absolute atomic E-state index is 10.7. The molecule has 0 aliphatic carbocycles. The van der Waals surface area contributed by atoms with Gasteiger partial charge in [-0.3, -0.25) is 0 Å². The van der Waals surface area contributed by atoms with Gasteiger partial charge in [-0.1, -0.05) is 24.8 Å². The number of phenolic OH excluding ortho intramolecular Hbond substituents is 1. The van der Waals surface area contributed by atoms with Crippen LogP contribution in [0.2, 0.25) is 0 Å². The van der Waals surface area contributed by atoms with Gasteiger partial charge in [0.05, 0.1) is 0 Å². The highest BCUT2D eigenvalue weighted by Crippen LogP contribution is 2.17. The summed E-state index contributed by atoms with van der Waals surface area (Å²) in [5, 5.41) is 18.7. The molecule has 0 fully saturated rings. The van der Waals surface area contributed by atoms with Crippen molar-refractivity contribution in [2.24, 2.45) is 0 Å². The third-order valence-electron chi connectivity index (χ3n) is 1.81. The maximum atomic E-state index is 10.7. The first-order valence-electron chi connectivity index (χ1n) is 4.41. The molecule has 0 saturated carbocycles. The topological polar surface area (TPSA) is 66.8 Å². The van der Waals surface area contributed by atoms with Gasteiger partial charge in [0.1, 0.15) is 5.75 Å². The molecule has 0 spiro atoms. The number of ether oxygens (including phenoxy) is 1. The zero-order valence-corrected chi connectivity index (χ0v) is 8.09. The summed E-state index contributed by atoms with van der Waals surface area (Å²) in [5.74, 6) is -0.635. The molecule has 1 aromatic carbocycles. The molecule has 0 aliphatic heterocycles. The normalized spacial score (nSPS) is 11.8. The largest absolute Gasteiger partial charge is 0.508 e. The van der Waals surface area contributed by atoms with Crippen molar-refractivity contribution >= 4 is 5.97 Å². The molecule has 2 N–H and O–H groups in total. The van der Waals surface area contributed by atoms with Crippen molar-refractivity contribution in [2.45, 2.75) is 12.7 Å². The third-order valence-corrected chi connectivity index (χ3v) is 1.81. The Morgan fingerprint density at radius 1 is 1.53 bits per heavy atom. The second-order valence-electron chi connectivity index (χ2n) is 2.93. The van der Waals surface area contributed by atoms with Gasteiger partial charge in [-0.05, 0) is 6.07 Å².